The third-order valence-electron chi connectivity index (χ3n) is 1.92. The topological polar surface area (TPSA) is 46.2 Å². The Morgan fingerprint density at radius 1 is 1.46 bits per heavy atom. The zero-order valence-electron chi connectivity index (χ0n) is 13.7. The molecule has 0 aliphatic rings. The molecule has 0 saturated heterocycles. The van der Waals surface area contributed by atoms with Gasteiger partial charge in [0.05, 0.1) is 0 Å². The van der Waals surface area contributed by atoms with E-state index >= 15 is 0 Å². The molecule has 0 unspecified atom stereocenters. The van der Waals surface area contributed by atoms with Crippen molar-refractivity contribution in [2.45, 2.75) is 33.0 Å². The van der Waals surface area contributed by atoms with Crippen molar-refractivity contribution in [2.24, 2.45) is 0 Å². The Labute approximate surface area is 87.8 Å². The van der Waals surface area contributed by atoms with Crippen LogP contribution in [0.25, 0.3) is 0 Å². The number of hydrogen-bond donors (Lipinski definition) is 2. The van der Waals surface area contributed by atoms with Gasteiger partial charge in [0.2, 0.25) is 0 Å². The SMILES string of the molecule is [2H]C([2H])([2H])C(C)(c1cc(C)c(N)cc1O)C([2H])([2H])[2H]. The zero-order valence-corrected chi connectivity index (χ0v) is 7.68. The molecule has 0 aliphatic carbocycles. The van der Waals surface area contributed by atoms with Crippen molar-refractivity contribution in [2.75, 3.05) is 5.73 Å². The average Bonchev–Trinajstić information content (AvgIpc) is 2.19. The number of anilines is 1. The first-order valence-electron chi connectivity index (χ1n) is 6.92. The second kappa shape index (κ2) is 2.95. The maximum atomic E-state index is 9.90. The molecule has 0 atom stereocenters. The number of aryl methyl sites for hydroxylation is 1. The van der Waals surface area contributed by atoms with Gasteiger partial charge in [-0.1, -0.05) is 20.6 Å². The minimum absolute atomic E-state index is 0.140. The second-order valence-corrected chi connectivity index (χ2v) is 3.35. The summed E-state index contributed by atoms with van der Waals surface area (Å²) < 4.78 is 45.2. The number of hydrogen-bond acceptors (Lipinski definition) is 2. The molecular formula is C11H17NO. The van der Waals surface area contributed by atoms with Gasteiger partial charge in [-0.15, -0.1) is 0 Å². The van der Waals surface area contributed by atoms with Gasteiger partial charge < -0.3 is 10.8 Å². The Hall–Kier alpha value is -1.18. The van der Waals surface area contributed by atoms with Crippen molar-refractivity contribution >= 4 is 5.69 Å². The number of nitrogen functional groups attached to an aromatic ring is 1. The second-order valence-electron chi connectivity index (χ2n) is 3.35. The van der Waals surface area contributed by atoms with Gasteiger partial charge >= 0.3 is 0 Å². The molecule has 2 heteroatoms. The highest BCUT2D eigenvalue weighted by atomic mass is 16.3. The molecule has 0 aromatic heterocycles. The van der Waals surface area contributed by atoms with Gasteiger partial charge in [0, 0.05) is 20.0 Å². The van der Waals surface area contributed by atoms with Crippen molar-refractivity contribution in [3.63, 3.8) is 0 Å². The number of nitrogens with two attached hydrogens (primary N) is 1. The fourth-order valence-corrected chi connectivity index (χ4v) is 1.11. The van der Waals surface area contributed by atoms with E-state index in [1.54, 1.807) is 6.92 Å². The summed E-state index contributed by atoms with van der Waals surface area (Å²) in [7, 11) is 0. The fourth-order valence-electron chi connectivity index (χ4n) is 1.11. The summed E-state index contributed by atoms with van der Waals surface area (Å²) in [5.74, 6) is -0.419. The van der Waals surface area contributed by atoms with Gasteiger partial charge in [-0.25, -0.2) is 0 Å². The molecule has 1 rings (SSSR count). The van der Waals surface area contributed by atoms with Crippen LogP contribution in [0.15, 0.2) is 12.1 Å². The molecule has 0 aliphatic heterocycles. The van der Waals surface area contributed by atoms with Gasteiger partial charge in [-0.05, 0) is 29.5 Å². The third-order valence-corrected chi connectivity index (χ3v) is 1.92. The summed E-state index contributed by atoms with van der Waals surface area (Å²) in [5.41, 5.74) is 4.10. The Bertz CT molecular complexity index is 477. The van der Waals surface area contributed by atoms with Crippen molar-refractivity contribution < 1.29 is 13.3 Å². The first kappa shape index (κ1) is 4.36. The van der Waals surface area contributed by atoms with Gasteiger partial charge in [-0.3, -0.25) is 0 Å². The van der Waals surface area contributed by atoms with Gasteiger partial charge in [0.15, 0.2) is 0 Å². The largest absolute Gasteiger partial charge is 0.508 e. The molecule has 0 bridgehead atoms. The van der Waals surface area contributed by atoms with E-state index < -0.39 is 24.9 Å². The Morgan fingerprint density at radius 2 is 2.08 bits per heavy atom. The predicted octanol–water partition coefficient (Wildman–Crippen LogP) is 2.58. The summed E-state index contributed by atoms with van der Waals surface area (Å²) in [5, 5.41) is 9.90. The van der Waals surface area contributed by atoms with Crippen LogP contribution < -0.4 is 5.73 Å². The van der Waals surface area contributed by atoms with Gasteiger partial charge in [0.1, 0.15) is 5.75 Å². The molecule has 0 spiro atoms. The average molecular weight is 185 g/mol. The van der Waals surface area contributed by atoms with Crippen LogP contribution >= 0.6 is 0 Å². The van der Waals surface area contributed by atoms with Crippen LogP contribution in [0, 0.1) is 6.92 Å². The van der Waals surface area contributed by atoms with Crippen molar-refractivity contribution in [1.82, 2.24) is 0 Å². The standard InChI is InChI=1S/C11H17NO/c1-7-5-8(11(2,3)4)10(13)6-9(7)12/h5-6,13H,12H2,1-4H3/i2D3,3D3. The highest BCUT2D eigenvalue weighted by molar-refractivity contribution is 5.55. The Balaban J connectivity index is 3.66. The minimum Gasteiger partial charge on any atom is -0.508 e. The lowest BCUT2D eigenvalue weighted by atomic mass is 9.85. The number of phenols is 1. The Morgan fingerprint density at radius 3 is 2.62 bits per heavy atom. The quantitative estimate of drug-likeness (QED) is 0.610. The highest BCUT2D eigenvalue weighted by Crippen LogP contribution is 2.33. The minimum atomic E-state index is -2.79. The molecule has 0 saturated carbocycles. The molecule has 0 fully saturated rings. The summed E-state index contributed by atoms with van der Waals surface area (Å²) in [6.07, 6.45) is 0. The summed E-state index contributed by atoms with van der Waals surface area (Å²) in [6.45, 7) is -2.86. The molecule has 0 radical (unpaired) electrons. The Kier molecular flexibility index (Phi) is 0.987. The fraction of sp³-hybridized carbons (Fsp3) is 0.455. The molecule has 1 aromatic carbocycles. The van der Waals surface area contributed by atoms with Crippen molar-refractivity contribution in [3.05, 3.63) is 23.3 Å². The number of phenolic OH excluding ortho intramolecular Hbond substituents is 1. The number of aromatic hydroxyl groups is 1. The van der Waals surface area contributed by atoms with Crippen LogP contribution in [0.4, 0.5) is 5.69 Å². The van der Waals surface area contributed by atoms with E-state index in [0.29, 0.717) is 5.56 Å². The van der Waals surface area contributed by atoms with Crippen LogP contribution in [0.5, 0.6) is 5.75 Å². The van der Waals surface area contributed by atoms with E-state index in [2.05, 4.69) is 0 Å². The third kappa shape index (κ3) is 1.94. The van der Waals surface area contributed by atoms with E-state index in [4.69, 9.17) is 14.0 Å². The molecular weight excluding hydrogens is 162 g/mol. The summed E-state index contributed by atoms with van der Waals surface area (Å²) in [6, 6.07) is 2.50. The molecule has 3 N–H and O–H groups in total. The normalized spacial score (nSPS) is 20.5. The van der Waals surface area contributed by atoms with Crippen LogP contribution in [0.3, 0.4) is 0 Å². The van der Waals surface area contributed by atoms with Crippen LogP contribution in [-0.4, -0.2) is 5.11 Å². The van der Waals surface area contributed by atoms with Crippen LogP contribution in [-0.2, 0) is 5.41 Å². The lowest BCUT2D eigenvalue weighted by molar-refractivity contribution is 0.447. The first-order valence-corrected chi connectivity index (χ1v) is 3.92. The molecule has 0 heterocycles. The predicted molar refractivity (Wildman–Crippen MR) is 56.0 cm³/mol. The number of benzene rings is 1. The number of rotatable bonds is 0. The monoisotopic (exact) mass is 185 g/mol. The molecule has 72 valence electrons. The van der Waals surface area contributed by atoms with Gasteiger partial charge in [0.25, 0.3) is 0 Å². The molecule has 13 heavy (non-hydrogen) atoms. The highest BCUT2D eigenvalue weighted by Gasteiger charge is 2.18. The molecule has 0 amide bonds. The van der Waals surface area contributed by atoms with E-state index in [1.807, 2.05) is 0 Å². The van der Waals surface area contributed by atoms with E-state index in [-0.39, 0.29) is 11.3 Å². The lowest BCUT2D eigenvalue weighted by Gasteiger charge is -2.21. The zero-order chi connectivity index (χ0) is 15.2. The lowest BCUT2D eigenvalue weighted by Crippen LogP contribution is -2.12. The van der Waals surface area contributed by atoms with E-state index in [0.717, 1.165) is 6.92 Å². The molecule has 2 nitrogen and oxygen atoms in total. The van der Waals surface area contributed by atoms with Crippen molar-refractivity contribution in [3.8, 4) is 5.75 Å². The van der Waals surface area contributed by atoms with E-state index in [1.165, 1.54) is 12.1 Å². The van der Waals surface area contributed by atoms with Crippen molar-refractivity contribution in [1.29, 1.82) is 0 Å². The summed E-state index contributed by atoms with van der Waals surface area (Å²) >= 11 is 0. The first-order chi connectivity index (χ1) is 8.32. The maximum absolute atomic E-state index is 9.90. The van der Waals surface area contributed by atoms with Crippen LogP contribution in [0.1, 0.15) is 40.0 Å². The van der Waals surface area contributed by atoms with E-state index in [9.17, 15) is 5.11 Å². The maximum Gasteiger partial charge on any atom is 0.121 e. The molecule has 1 aromatic rings. The van der Waals surface area contributed by atoms with Gasteiger partial charge in [-0.2, -0.15) is 0 Å². The smallest absolute Gasteiger partial charge is 0.121 e. The van der Waals surface area contributed by atoms with Crippen LogP contribution in [0.2, 0.25) is 0 Å². The summed E-state index contributed by atoms with van der Waals surface area (Å²) in [4.78, 5) is 0.